The van der Waals surface area contributed by atoms with E-state index in [1.54, 1.807) is 49.1 Å². The van der Waals surface area contributed by atoms with Crippen molar-refractivity contribution < 1.29 is 27.5 Å². The number of sulfonamides is 1. The SMILES string of the molecule is COc1ccc(-c2ccc3c(c2)N(C(=O)OC(C)C)CC(C)N3C(C)=O)cc1NS(C)(=O)=O. The van der Waals surface area contributed by atoms with Gasteiger partial charge in [0.05, 0.1) is 42.6 Å². The number of anilines is 3. The van der Waals surface area contributed by atoms with Crippen LogP contribution in [0.25, 0.3) is 11.1 Å². The van der Waals surface area contributed by atoms with Crippen LogP contribution in [0.2, 0.25) is 0 Å². The van der Waals surface area contributed by atoms with Gasteiger partial charge in [-0.25, -0.2) is 13.2 Å². The third-order valence-electron chi connectivity index (χ3n) is 5.14. The van der Waals surface area contributed by atoms with Crippen LogP contribution in [-0.4, -0.2) is 52.5 Å². The van der Waals surface area contributed by atoms with Gasteiger partial charge in [-0.05, 0) is 56.2 Å². The van der Waals surface area contributed by atoms with Crippen molar-refractivity contribution in [1.82, 2.24) is 0 Å². The third kappa shape index (κ3) is 5.39. The van der Waals surface area contributed by atoms with E-state index in [9.17, 15) is 18.0 Å². The molecule has 3 rings (SSSR count). The zero-order valence-electron chi connectivity index (χ0n) is 19.6. The molecule has 1 aliphatic heterocycles. The summed E-state index contributed by atoms with van der Waals surface area (Å²) in [5.41, 5.74) is 2.88. The number of fused-ring (bicyclic) bond motifs is 1. The Balaban J connectivity index is 2.13. The van der Waals surface area contributed by atoms with Crippen molar-refractivity contribution in [2.24, 2.45) is 0 Å². The summed E-state index contributed by atoms with van der Waals surface area (Å²) in [4.78, 5) is 28.4. The molecule has 9 nitrogen and oxygen atoms in total. The van der Waals surface area contributed by atoms with E-state index in [0.717, 1.165) is 11.8 Å². The van der Waals surface area contributed by atoms with Crippen LogP contribution in [0, 0.1) is 0 Å². The molecular weight excluding hydrogens is 446 g/mol. The average molecular weight is 476 g/mol. The van der Waals surface area contributed by atoms with Crippen LogP contribution in [0.1, 0.15) is 27.7 Å². The maximum Gasteiger partial charge on any atom is 0.414 e. The highest BCUT2D eigenvalue weighted by Gasteiger charge is 2.34. The minimum Gasteiger partial charge on any atom is -0.495 e. The van der Waals surface area contributed by atoms with E-state index in [1.165, 1.54) is 18.9 Å². The van der Waals surface area contributed by atoms with E-state index in [0.29, 0.717) is 28.4 Å². The Bertz CT molecular complexity index is 1180. The molecule has 0 aliphatic carbocycles. The summed E-state index contributed by atoms with van der Waals surface area (Å²) in [5.74, 6) is 0.248. The van der Waals surface area contributed by atoms with E-state index in [4.69, 9.17) is 9.47 Å². The lowest BCUT2D eigenvalue weighted by molar-refractivity contribution is -0.117. The molecule has 10 heteroatoms. The summed E-state index contributed by atoms with van der Waals surface area (Å²) in [5, 5.41) is 0. The molecule has 1 atom stereocenters. The van der Waals surface area contributed by atoms with Gasteiger partial charge in [-0.3, -0.25) is 14.4 Å². The van der Waals surface area contributed by atoms with Gasteiger partial charge >= 0.3 is 6.09 Å². The molecule has 0 spiro atoms. The van der Waals surface area contributed by atoms with E-state index in [2.05, 4.69) is 4.72 Å². The number of rotatable bonds is 5. The number of methoxy groups -OCH3 is 1. The lowest BCUT2D eigenvalue weighted by atomic mass is 10.00. The van der Waals surface area contributed by atoms with E-state index >= 15 is 0 Å². The first-order chi connectivity index (χ1) is 15.4. The first-order valence-corrected chi connectivity index (χ1v) is 12.4. The Morgan fingerprint density at radius 2 is 1.73 bits per heavy atom. The summed E-state index contributed by atoms with van der Waals surface area (Å²) in [7, 11) is -2.07. The zero-order valence-corrected chi connectivity index (χ0v) is 20.4. The minimum absolute atomic E-state index is 0.127. The molecule has 1 heterocycles. The number of carbonyl (C=O) groups excluding carboxylic acids is 2. The Kier molecular flexibility index (Phi) is 6.87. The molecule has 2 aromatic carbocycles. The summed E-state index contributed by atoms with van der Waals surface area (Å²) in [6, 6.07) is 10.3. The lowest BCUT2D eigenvalue weighted by Crippen LogP contribution is -2.51. The van der Waals surface area contributed by atoms with Crippen molar-refractivity contribution in [2.45, 2.75) is 39.8 Å². The van der Waals surface area contributed by atoms with Crippen LogP contribution in [0.3, 0.4) is 0 Å². The highest BCUT2D eigenvalue weighted by Crippen LogP contribution is 2.40. The highest BCUT2D eigenvalue weighted by molar-refractivity contribution is 7.92. The van der Waals surface area contributed by atoms with Gasteiger partial charge in [-0.1, -0.05) is 12.1 Å². The molecule has 2 amide bonds. The fourth-order valence-electron chi connectivity index (χ4n) is 3.89. The predicted octanol–water partition coefficient (Wildman–Crippen LogP) is 3.84. The van der Waals surface area contributed by atoms with Crippen LogP contribution in [0.15, 0.2) is 36.4 Å². The molecule has 2 aromatic rings. The van der Waals surface area contributed by atoms with E-state index in [1.807, 2.05) is 13.0 Å². The molecule has 0 radical (unpaired) electrons. The number of nitrogens with one attached hydrogen (secondary N) is 1. The number of amides is 2. The summed E-state index contributed by atoms with van der Waals surface area (Å²) in [6.45, 7) is 7.20. The molecule has 1 unspecified atom stereocenters. The molecule has 0 saturated heterocycles. The molecule has 0 saturated carbocycles. The first-order valence-electron chi connectivity index (χ1n) is 10.5. The molecule has 0 bridgehead atoms. The molecule has 0 fully saturated rings. The zero-order chi connectivity index (χ0) is 24.5. The quantitative estimate of drug-likeness (QED) is 0.704. The second-order valence-electron chi connectivity index (χ2n) is 8.27. The van der Waals surface area contributed by atoms with Gasteiger partial charge in [0.25, 0.3) is 0 Å². The van der Waals surface area contributed by atoms with Gasteiger partial charge in [0.15, 0.2) is 0 Å². The molecule has 1 aliphatic rings. The van der Waals surface area contributed by atoms with Gasteiger partial charge in [0, 0.05) is 13.5 Å². The van der Waals surface area contributed by atoms with Gasteiger partial charge in [-0.2, -0.15) is 0 Å². The highest BCUT2D eigenvalue weighted by atomic mass is 32.2. The normalized spacial score (nSPS) is 15.8. The fraction of sp³-hybridized carbons (Fsp3) is 0.391. The number of hydrogen-bond acceptors (Lipinski definition) is 6. The van der Waals surface area contributed by atoms with Crippen LogP contribution in [-0.2, 0) is 19.6 Å². The molecule has 0 aromatic heterocycles. The fourth-order valence-corrected chi connectivity index (χ4v) is 4.45. The predicted molar refractivity (Wildman–Crippen MR) is 128 cm³/mol. The van der Waals surface area contributed by atoms with Crippen molar-refractivity contribution in [2.75, 3.05) is 34.4 Å². The summed E-state index contributed by atoms with van der Waals surface area (Å²) >= 11 is 0. The average Bonchev–Trinajstić information content (AvgIpc) is 2.70. The third-order valence-corrected chi connectivity index (χ3v) is 5.73. The van der Waals surface area contributed by atoms with Gasteiger partial charge in [-0.15, -0.1) is 0 Å². The van der Waals surface area contributed by atoms with Crippen LogP contribution >= 0.6 is 0 Å². The maximum atomic E-state index is 12.8. The van der Waals surface area contributed by atoms with E-state index < -0.39 is 16.1 Å². The molecule has 33 heavy (non-hydrogen) atoms. The number of nitrogens with zero attached hydrogens (tertiary/aromatic N) is 2. The largest absolute Gasteiger partial charge is 0.495 e. The van der Waals surface area contributed by atoms with Crippen molar-refractivity contribution in [3.05, 3.63) is 36.4 Å². The number of benzene rings is 2. The van der Waals surface area contributed by atoms with Crippen LogP contribution in [0.4, 0.5) is 21.9 Å². The summed E-state index contributed by atoms with van der Waals surface area (Å²) < 4.78 is 36.7. The number of carbonyl (C=O) groups is 2. The minimum atomic E-state index is -3.52. The maximum absolute atomic E-state index is 12.8. The topological polar surface area (TPSA) is 105 Å². The second kappa shape index (κ2) is 9.30. The van der Waals surface area contributed by atoms with Gasteiger partial charge in [0.1, 0.15) is 5.75 Å². The van der Waals surface area contributed by atoms with Crippen LogP contribution < -0.4 is 19.3 Å². The first kappa shape index (κ1) is 24.4. The van der Waals surface area contributed by atoms with Crippen molar-refractivity contribution in [3.63, 3.8) is 0 Å². The number of ether oxygens (including phenoxy) is 2. The Hall–Kier alpha value is -3.27. The Labute approximate surface area is 194 Å². The second-order valence-corrected chi connectivity index (χ2v) is 10.0. The lowest BCUT2D eigenvalue weighted by Gasteiger charge is -2.40. The summed E-state index contributed by atoms with van der Waals surface area (Å²) in [6.07, 6.45) is 0.275. The monoisotopic (exact) mass is 475 g/mol. The van der Waals surface area contributed by atoms with Crippen LogP contribution in [0.5, 0.6) is 5.75 Å². The van der Waals surface area contributed by atoms with Gasteiger partial charge < -0.3 is 14.4 Å². The Morgan fingerprint density at radius 3 is 2.30 bits per heavy atom. The van der Waals surface area contributed by atoms with E-state index in [-0.39, 0.29) is 24.6 Å². The Morgan fingerprint density at radius 1 is 1.09 bits per heavy atom. The van der Waals surface area contributed by atoms with Crippen molar-refractivity contribution >= 4 is 39.1 Å². The number of hydrogen-bond donors (Lipinski definition) is 1. The standard InChI is InChI=1S/C23H29N3O6S/c1-14(2)32-23(28)25-13-15(3)26(16(4)27)20-9-7-18(12-21(20)25)17-8-10-22(31-5)19(11-17)24-33(6,29)30/h7-12,14-15,24H,13H2,1-6H3. The van der Waals surface area contributed by atoms with Crippen molar-refractivity contribution in [1.29, 1.82) is 0 Å². The molecule has 178 valence electrons. The van der Waals surface area contributed by atoms with Crippen molar-refractivity contribution in [3.8, 4) is 16.9 Å². The van der Waals surface area contributed by atoms with Gasteiger partial charge in [0.2, 0.25) is 15.9 Å². The smallest absolute Gasteiger partial charge is 0.414 e. The molecular formula is C23H29N3O6S. The molecule has 1 N–H and O–H groups in total.